The van der Waals surface area contributed by atoms with Crippen LogP contribution in [0.25, 0.3) is 0 Å². The van der Waals surface area contributed by atoms with E-state index in [0.29, 0.717) is 18.8 Å². The molecule has 0 radical (unpaired) electrons. The summed E-state index contributed by atoms with van der Waals surface area (Å²) in [6, 6.07) is 4.88. The zero-order valence-corrected chi connectivity index (χ0v) is 12.4. The molecule has 5 nitrogen and oxygen atoms in total. The number of carbonyl (C=O) groups excluding carboxylic acids is 1. The lowest BCUT2D eigenvalue weighted by Crippen LogP contribution is -2.44. The molecule has 1 heterocycles. The summed E-state index contributed by atoms with van der Waals surface area (Å²) in [7, 11) is 0. The van der Waals surface area contributed by atoms with E-state index < -0.39 is 6.61 Å². The molecule has 1 fully saturated rings. The second kappa shape index (κ2) is 8.05. The van der Waals surface area contributed by atoms with Crippen molar-refractivity contribution in [2.45, 2.75) is 32.5 Å². The van der Waals surface area contributed by atoms with Gasteiger partial charge in [-0.3, -0.25) is 4.79 Å². The number of aryl methyl sites for hydroxylation is 1. The molecule has 0 aromatic heterocycles. The highest BCUT2D eigenvalue weighted by atomic mass is 19.3. The van der Waals surface area contributed by atoms with Crippen LogP contribution in [0.3, 0.4) is 0 Å². The van der Waals surface area contributed by atoms with Crippen LogP contribution in [0, 0.1) is 6.92 Å². The van der Waals surface area contributed by atoms with E-state index in [1.807, 2.05) is 6.92 Å². The van der Waals surface area contributed by atoms with E-state index in [4.69, 9.17) is 4.74 Å². The lowest BCUT2D eigenvalue weighted by Gasteiger charge is -2.23. The minimum absolute atomic E-state index is 0.0111. The predicted molar refractivity (Wildman–Crippen MR) is 76.9 cm³/mol. The van der Waals surface area contributed by atoms with Gasteiger partial charge in [0.2, 0.25) is 5.91 Å². The monoisotopic (exact) mass is 314 g/mol. The van der Waals surface area contributed by atoms with Crippen LogP contribution < -0.4 is 15.4 Å². The molecule has 0 saturated carbocycles. The van der Waals surface area contributed by atoms with Crippen molar-refractivity contribution in [2.75, 3.05) is 19.8 Å². The lowest BCUT2D eigenvalue weighted by atomic mass is 10.1. The smallest absolute Gasteiger partial charge is 0.387 e. The van der Waals surface area contributed by atoms with Gasteiger partial charge in [0.15, 0.2) is 0 Å². The van der Waals surface area contributed by atoms with Crippen molar-refractivity contribution in [3.63, 3.8) is 0 Å². The SMILES string of the molecule is Cc1ccc(OC(F)F)c(CNC(=O)CC2COCCN2)c1. The molecule has 1 aromatic rings. The van der Waals surface area contributed by atoms with Crippen molar-refractivity contribution in [2.24, 2.45) is 0 Å². The molecule has 1 unspecified atom stereocenters. The summed E-state index contributed by atoms with van der Waals surface area (Å²) in [6.07, 6.45) is 0.289. The number of hydrogen-bond acceptors (Lipinski definition) is 4. The van der Waals surface area contributed by atoms with Gasteiger partial charge in [-0.25, -0.2) is 0 Å². The molecule has 2 N–H and O–H groups in total. The van der Waals surface area contributed by atoms with Crippen molar-refractivity contribution in [3.8, 4) is 5.75 Å². The molecular weight excluding hydrogens is 294 g/mol. The van der Waals surface area contributed by atoms with Gasteiger partial charge in [-0.15, -0.1) is 0 Å². The summed E-state index contributed by atoms with van der Waals surface area (Å²) in [4.78, 5) is 11.9. The molecule has 0 aliphatic carbocycles. The number of hydrogen-bond donors (Lipinski definition) is 2. The Hall–Kier alpha value is -1.73. The first-order chi connectivity index (χ1) is 10.5. The van der Waals surface area contributed by atoms with E-state index >= 15 is 0 Å². The summed E-state index contributed by atoms with van der Waals surface area (Å²) in [5, 5.41) is 5.91. The average Bonchev–Trinajstić information content (AvgIpc) is 2.48. The maximum Gasteiger partial charge on any atom is 0.387 e. The molecule has 0 spiro atoms. The van der Waals surface area contributed by atoms with Gasteiger partial charge in [-0.2, -0.15) is 8.78 Å². The Morgan fingerprint density at radius 3 is 3.05 bits per heavy atom. The van der Waals surface area contributed by atoms with E-state index in [-0.39, 0.29) is 30.7 Å². The van der Waals surface area contributed by atoms with Crippen molar-refractivity contribution in [1.29, 1.82) is 0 Å². The fourth-order valence-corrected chi connectivity index (χ4v) is 2.30. The molecule has 1 aromatic carbocycles. The van der Waals surface area contributed by atoms with Crippen LogP contribution >= 0.6 is 0 Å². The number of carbonyl (C=O) groups is 1. The first-order valence-corrected chi connectivity index (χ1v) is 7.17. The summed E-state index contributed by atoms with van der Waals surface area (Å²) in [5.74, 6) is -0.0764. The average molecular weight is 314 g/mol. The second-order valence-corrected chi connectivity index (χ2v) is 5.20. The Labute approximate surface area is 128 Å². The Morgan fingerprint density at radius 2 is 2.36 bits per heavy atom. The normalized spacial score (nSPS) is 18.3. The molecule has 2 rings (SSSR count). The lowest BCUT2D eigenvalue weighted by molar-refractivity contribution is -0.122. The number of morpholine rings is 1. The van der Waals surface area contributed by atoms with Crippen LogP contribution in [0.2, 0.25) is 0 Å². The quantitative estimate of drug-likeness (QED) is 0.837. The third-order valence-electron chi connectivity index (χ3n) is 3.34. The maximum absolute atomic E-state index is 12.4. The molecule has 1 amide bonds. The summed E-state index contributed by atoms with van der Waals surface area (Å²) in [6.45, 7) is 0.979. The fourth-order valence-electron chi connectivity index (χ4n) is 2.30. The third kappa shape index (κ3) is 5.23. The molecule has 1 aliphatic heterocycles. The Morgan fingerprint density at radius 1 is 1.55 bits per heavy atom. The minimum atomic E-state index is -2.89. The highest BCUT2D eigenvalue weighted by Crippen LogP contribution is 2.22. The van der Waals surface area contributed by atoms with Gasteiger partial charge < -0.3 is 20.1 Å². The summed E-state index contributed by atoms with van der Waals surface area (Å²) < 4.78 is 34.5. The second-order valence-electron chi connectivity index (χ2n) is 5.20. The van der Waals surface area contributed by atoms with Gasteiger partial charge in [-0.1, -0.05) is 17.7 Å². The van der Waals surface area contributed by atoms with Crippen LogP contribution in [0.4, 0.5) is 8.78 Å². The number of halogens is 2. The molecule has 22 heavy (non-hydrogen) atoms. The largest absolute Gasteiger partial charge is 0.434 e. The Bertz CT molecular complexity index is 506. The van der Waals surface area contributed by atoms with Crippen molar-refractivity contribution >= 4 is 5.91 Å². The fraction of sp³-hybridized carbons (Fsp3) is 0.533. The zero-order chi connectivity index (χ0) is 15.9. The van der Waals surface area contributed by atoms with E-state index in [9.17, 15) is 13.6 Å². The summed E-state index contributed by atoms with van der Waals surface area (Å²) in [5.41, 5.74) is 1.44. The first-order valence-electron chi connectivity index (χ1n) is 7.17. The van der Waals surface area contributed by atoms with Crippen LogP contribution in [0.15, 0.2) is 18.2 Å². The van der Waals surface area contributed by atoms with E-state index in [0.717, 1.165) is 12.1 Å². The molecule has 7 heteroatoms. The molecule has 122 valence electrons. The van der Waals surface area contributed by atoms with Crippen LogP contribution in [-0.2, 0) is 16.1 Å². The molecular formula is C15H20F2N2O3. The minimum Gasteiger partial charge on any atom is -0.434 e. The van der Waals surface area contributed by atoms with Crippen LogP contribution in [0.5, 0.6) is 5.75 Å². The first kappa shape index (κ1) is 16.6. The topological polar surface area (TPSA) is 59.6 Å². The van der Waals surface area contributed by atoms with Gasteiger partial charge >= 0.3 is 6.61 Å². The van der Waals surface area contributed by atoms with Crippen LogP contribution in [0.1, 0.15) is 17.5 Å². The predicted octanol–water partition coefficient (Wildman–Crippen LogP) is 1.59. The van der Waals surface area contributed by atoms with Gasteiger partial charge in [-0.05, 0) is 13.0 Å². The highest BCUT2D eigenvalue weighted by molar-refractivity contribution is 5.76. The number of nitrogens with one attached hydrogen (secondary N) is 2. The summed E-state index contributed by atoms with van der Waals surface area (Å²) >= 11 is 0. The van der Waals surface area contributed by atoms with Gasteiger partial charge in [0, 0.05) is 31.1 Å². The standard InChI is InChI=1S/C15H20F2N2O3/c1-10-2-3-13(22-15(16)17)11(6-10)8-19-14(20)7-12-9-21-5-4-18-12/h2-3,6,12,15,18H,4-5,7-9H2,1H3,(H,19,20). The number of amides is 1. The van der Waals surface area contributed by atoms with Gasteiger partial charge in [0.25, 0.3) is 0 Å². The maximum atomic E-state index is 12.4. The van der Waals surface area contributed by atoms with Crippen molar-refractivity contribution < 1.29 is 23.0 Å². The number of rotatable bonds is 6. The third-order valence-corrected chi connectivity index (χ3v) is 3.34. The van der Waals surface area contributed by atoms with E-state index in [1.54, 1.807) is 12.1 Å². The molecule has 1 atom stereocenters. The van der Waals surface area contributed by atoms with E-state index in [1.165, 1.54) is 6.07 Å². The zero-order valence-electron chi connectivity index (χ0n) is 12.4. The Kier molecular flexibility index (Phi) is 6.09. The molecule has 1 saturated heterocycles. The molecule has 1 aliphatic rings. The van der Waals surface area contributed by atoms with Crippen molar-refractivity contribution in [3.05, 3.63) is 29.3 Å². The number of alkyl halides is 2. The van der Waals surface area contributed by atoms with Crippen LogP contribution in [-0.4, -0.2) is 38.3 Å². The Balaban J connectivity index is 1.89. The van der Waals surface area contributed by atoms with Crippen molar-refractivity contribution in [1.82, 2.24) is 10.6 Å². The highest BCUT2D eigenvalue weighted by Gasteiger charge is 2.17. The van der Waals surface area contributed by atoms with Gasteiger partial charge in [0.1, 0.15) is 5.75 Å². The molecule has 0 bridgehead atoms. The number of benzene rings is 1. The number of ether oxygens (including phenoxy) is 2. The van der Waals surface area contributed by atoms with E-state index in [2.05, 4.69) is 15.4 Å². The van der Waals surface area contributed by atoms with Gasteiger partial charge in [0.05, 0.1) is 13.2 Å².